The molecule has 0 aliphatic carbocycles. The van der Waals surface area contributed by atoms with E-state index in [0.717, 1.165) is 141 Å². The summed E-state index contributed by atoms with van der Waals surface area (Å²) in [7, 11) is 0. The van der Waals surface area contributed by atoms with Gasteiger partial charge in [0.05, 0.1) is 0 Å². The molecule has 0 N–H and O–H groups in total. The molecule has 1 unspecified atom stereocenters. The van der Waals surface area contributed by atoms with E-state index in [4.69, 9.17) is 14.2 Å². The molecule has 438 valence electrons. The van der Waals surface area contributed by atoms with Gasteiger partial charge in [0.25, 0.3) is 0 Å². The van der Waals surface area contributed by atoms with Gasteiger partial charge in [0, 0.05) is 19.3 Å². The second-order valence-corrected chi connectivity index (χ2v) is 21.0. The normalized spacial score (nSPS) is 12.9. The fourth-order valence-electron chi connectivity index (χ4n) is 8.71. The number of allylic oxidation sites excluding steroid dienone is 20. The SMILES string of the molecule is CC/C=C\C/C=C\C/C=C\C/C=C\C/C=C\C/C=C\C/C=C\C/C=C\C/C=C\C/C=C\CCCCCCC(=O)OCC(COC(=O)CCCCCCC)OC(=O)CCCCCCCCCCCCCCCCCCCCC. The first-order valence-corrected chi connectivity index (χ1v) is 32.0. The lowest BCUT2D eigenvalue weighted by atomic mass is 10.0. The molecule has 0 spiro atoms. The van der Waals surface area contributed by atoms with Gasteiger partial charge >= 0.3 is 17.9 Å². The number of ether oxygens (including phenoxy) is 3. The highest BCUT2D eigenvalue weighted by Crippen LogP contribution is 2.16. The maximum atomic E-state index is 12.8. The van der Waals surface area contributed by atoms with Crippen LogP contribution in [0.3, 0.4) is 0 Å². The molecule has 0 aromatic carbocycles. The van der Waals surface area contributed by atoms with Crippen LogP contribution in [-0.2, 0) is 28.6 Å². The summed E-state index contributed by atoms with van der Waals surface area (Å²) < 4.78 is 16.7. The Kier molecular flexibility index (Phi) is 60.8. The van der Waals surface area contributed by atoms with Crippen molar-refractivity contribution in [3.63, 3.8) is 0 Å². The van der Waals surface area contributed by atoms with Gasteiger partial charge in [-0.15, -0.1) is 0 Å². The maximum Gasteiger partial charge on any atom is 0.306 e. The Balaban J connectivity index is 4.11. The average Bonchev–Trinajstić information content (AvgIpc) is 3.43. The van der Waals surface area contributed by atoms with Crippen LogP contribution in [-0.4, -0.2) is 37.2 Å². The predicted molar refractivity (Wildman–Crippen MR) is 334 cm³/mol. The first-order chi connectivity index (χ1) is 38.0. The summed E-state index contributed by atoms with van der Waals surface area (Å²) in [6.07, 6.45) is 89.7. The molecule has 1 atom stereocenters. The van der Waals surface area contributed by atoms with Crippen LogP contribution in [0.2, 0.25) is 0 Å². The van der Waals surface area contributed by atoms with E-state index in [1.165, 1.54) is 109 Å². The molecular weight excluding hydrogens is 949 g/mol. The second kappa shape index (κ2) is 64.3. The van der Waals surface area contributed by atoms with Crippen LogP contribution in [0.25, 0.3) is 0 Å². The maximum absolute atomic E-state index is 12.8. The quantitative estimate of drug-likeness (QED) is 0.0261. The highest BCUT2D eigenvalue weighted by Gasteiger charge is 2.19. The molecule has 0 amide bonds. The summed E-state index contributed by atoms with van der Waals surface area (Å²) in [6, 6.07) is 0. The Morgan fingerprint density at radius 3 is 0.792 bits per heavy atom. The van der Waals surface area contributed by atoms with E-state index in [0.29, 0.717) is 19.3 Å². The molecule has 0 bridgehead atoms. The van der Waals surface area contributed by atoms with Gasteiger partial charge in [-0.2, -0.15) is 0 Å². The van der Waals surface area contributed by atoms with Crippen molar-refractivity contribution in [1.82, 2.24) is 0 Å². The highest BCUT2D eigenvalue weighted by molar-refractivity contribution is 5.71. The van der Waals surface area contributed by atoms with Crippen molar-refractivity contribution in [2.75, 3.05) is 13.2 Å². The van der Waals surface area contributed by atoms with Crippen molar-refractivity contribution < 1.29 is 28.6 Å². The fraction of sp³-hybridized carbons (Fsp3) is 0.676. The summed E-state index contributed by atoms with van der Waals surface area (Å²) in [6.45, 7) is 6.44. The van der Waals surface area contributed by atoms with Crippen molar-refractivity contribution in [2.45, 2.75) is 297 Å². The van der Waals surface area contributed by atoms with Gasteiger partial charge in [0.1, 0.15) is 13.2 Å². The summed E-state index contributed by atoms with van der Waals surface area (Å²) in [4.78, 5) is 37.9. The van der Waals surface area contributed by atoms with Gasteiger partial charge in [0.2, 0.25) is 0 Å². The summed E-state index contributed by atoms with van der Waals surface area (Å²) in [5.41, 5.74) is 0. The van der Waals surface area contributed by atoms with Crippen LogP contribution in [0.1, 0.15) is 290 Å². The first kappa shape index (κ1) is 72.8. The number of hydrogen-bond acceptors (Lipinski definition) is 6. The molecule has 0 saturated carbocycles. The number of carbonyl (C=O) groups excluding carboxylic acids is 3. The van der Waals surface area contributed by atoms with Crippen molar-refractivity contribution >= 4 is 17.9 Å². The predicted octanol–water partition coefficient (Wildman–Crippen LogP) is 22.0. The molecule has 0 aromatic heterocycles. The van der Waals surface area contributed by atoms with Crippen molar-refractivity contribution in [3.05, 3.63) is 122 Å². The third kappa shape index (κ3) is 62.5. The van der Waals surface area contributed by atoms with Gasteiger partial charge in [-0.3, -0.25) is 14.4 Å². The van der Waals surface area contributed by atoms with E-state index >= 15 is 0 Å². The summed E-state index contributed by atoms with van der Waals surface area (Å²) >= 11 is 0. The topological polar surface area (TPSA) is 78.9 Å². The van der Waals surface area contributed by atoms with Crippen LogP contribution in [0, 0.1) is 0 Å². The summed E-state index contributed by atoms with van der Waals surface area (Å²) in [5.74, 6) is -0.920. The van der Waals surface area contributed by atoms with E-state index in [1.54, 1.807) is 0 Å². The minimum absolute atomic E-state index is 0.0858. The lowest BCUT2D eigenvalue weighted by Crippen LogP contribution is -2.30. The minimum atomic E-state index is -0.785. The van der Waals surface area contributed by atoms with Gasteiger partial charge in [0.15, 0.2) is 6.10 Å². The Morgan fingerprint density at radius 2 is 0.506 bits per heavy atom. The minimum Gasteiger partial charge on any atom is -0.462 e. The number of hydrogen-bond donors (Lipinski definition) is 0. The number of esters is 3. The van der Waals surface area contributed by atoms with E-state index < -0.39 is 6.10 Å². The van der Waals surface area contributed by atoms with E-state index in [9.17, 15) is 14.4 Å². The van der Waals surface area contributed by atoms with Gasteiger partial charge in [-0.25, -0.2) is 0 Å². The Hall–Kier alpha value is -4.19. The number of unbranched alkanes of at least 4 members (excludes halogenated alkanes) is 26. The standard InChI is InChI=1S/C71H118O6/c1-4-7-10-13-15-17-19-21-23-25-27-28-29-30-31-32-33-34-35-36-37-38-39-40-41-42-44-45-47-49-51-53-55-58-61-64-70(73)76-67-68(66-75-69(72)63-60-57-12-9-6-3)77-71(74)65-62-59-56-54-52-50-48-46-43-26-24-22-20-18-16-14-11-8-5-2/h7,10,15,17,21,23,27-28,30-31,33-34,36-37,39-40,42,44,47,49,68H,4-6,8-9,11-14,16,18-20,22,24-26,29,32,35,38,41,43,45-46,48,50-67H2,1-3H3/b10-7-,17-15-,23-21-,28-27-,31-30-,34-33-,37-36-,40-39-,44-42-,49-47-. The molecule has 0 radical (unpaired) electrons. The molecule has 0 heterocycles. The van der Waals surface area contributed by atoms with Crippen molar-refractivity contribution in [2.24, 2.45) is 0 Å². The Morgan fingerprint density at radius 1 is 0.273 bits per heavy atom. The average molecular weight is 1070 g/mol. The number of carbonyl (C=O) groups is 3. The molecule has 0 saturated heterocycles. The van der Waals surface area contributed by atoms with Crippen LogP contribution in [0.4, 0.5) is 0 Å². The van der Waals surface area contributed by atoms with Gasteiger partial charge in [-0.1, -0.05) is 296 Å². The molecule has 77 heavy (non-hydrogen) atoms. The van der Waals surface area contributed by atoms with E-state index in [-0.39, 0.29) is 31.1 Å². The van der Waals surface area contributed by atoms with E-state index in [2.05, 4.69) is 142 Å². The van der Waals surface area contributed by atoms with Crippen LogP contribution in [0.15, 0.2) is 122 Å². The first-order valence-electron chi connectivity index (χ1n) is 32.0. The molecule has 0 rings (SSSR count). The zero-order valence-electron chi connectivity index (χ0n) is 50.2. The molecule has 0 aromatic rings. The largest absolute Gasteiger partial charge is 0.462 e. The zero-order valence-corrected chi connectivity index (χ0v) is 50.2. The smallest absolute Gasteiger partial charge is 0.306 e. The third-order valence-corrected chi connectivity index (χ3v) is 13.5. The lowest BCUT2D eigenvalue weighted by molar-refractivity contribution is -0.167. The Bertz CT molecular complexity index is 1600. The molecule has 6 heteroatoms. The second-order valence-electron chi connectivity index (χ2n) is 21.0. The Labute approximate surface area is 475 Å². The molecule has 0 aliphatic rings. The monoisotopic (exact) mass is 1070 g/mol. The van der Waals surface area contributed by atoms with Gasteiger partial charge in [-0.05, 0) is 96.3 Å². The molecule has 6 nitrogen and oxygen atoms in total. The summed E-state index contributed by atoms with van der Waals surface area (Å²) in [5, 5.41) is 0. The van der Waals surface area contributed by atoms with Gasteiger partial charge < -0.3 is 14.2 Å². The highest BCUT2D eigenvalue weighted by atomic mass is 16.6. The van der Waals surface area contributed by atoms with Crippen molar-refractivity contribution in [3.8, 4) is 0 Å². The number of rotatable bonds is 57. The molecule has 0 fully saturated rings. The zero-order chi connectivity index (χ0) is 55.7. The molecular formula is C71H118O6. The van der Waals surface area contributed by atoms with Crippen molar-refractivity contribution in [1.29, 1.82) is 0 Å². The van der Waals surface area contributed by atoms with Crippen LogP contribution in [0.5, 0.6) is 0 Å². The van der Waals surface area contributed by atoms with Crippen LogP contribution < -0.4 is 0 Å². The van der Waals surface area contributed by atoms with E-state index in [1.807, 2.05) is 0 Å². The van der Waals surface area contributed by atoms with Crippen LogP contribution >= 0.6 is 0 Å². The third-order valence-electron chi connectivity index (χ3n) is 13.5. The molecule has 0 aliphatic heterocycles. The lowest BCUT2D eigenvalue weighted by Gasteiger charge is -2.18. The fourth-order valence-corrected chi connectivity index (χ4v) is 8.71.